The summed E-state index contributed by atoms with van der Waals surface area (Å²) in [5, 5.41) is 17.6. The summed E-state index contributed by atoms with van der Waals surface area (Å²) in [6.45, 7) is 0.642. The smallest absolute Gasteiger partial charge is 0.320 e. The van der Waals surface area contributed by atoms with Crippen LogP contribution in [0.15, 0.2) is 4.99 Å². The van der Waals surface area contributed by atoms with Crippen molar-refractivity contribution in [3.8, 4) is 0 Å². The first kappa shape index (κ1) is 15.4. The largest absolute Gasteiger partial charge is 0.480 e. The number of carbonyl (C=O) groups excluding carboxylic acids is 1. The molecule has 1 amide bonds. The van der Waals surface area contributed by atoms with Gasteiger partial charge < -0.3 is 21.7 Å². The quantitative estimate of drug-likeness (QED) is 0.259. The SMILES string of the molecule is NC(=NCCCC(N)C(=O)O)N1CC(CO)CC1=O. The van der Waals surface area contributed by atoms with Crippen LogP contribution < -0.4 is 11.5 Å². The van der Waals surface area contributed by atoms with E-state index < -0.39 is 12.0 Å². The number of aliphatic carboxylic acids is 1. The van der Waals surface area contributed by atoms with Gasteiger partial charge in [0, 0.05) is 32.0 Å². The van der Waals surface area contributed by atoms with Crippen molar-refractivity contribution in [3.63, 3.8) is 0 Å². The van der Waals surface area contributed by atoms with E-state index in [0.29, 0.717) is 25.9 Å². The summed E-state index contributed by atoms with van der Waals surface area (Å²) in [7, 11) is 0. The Morgan fingerprint density at radius 2 is 2.26 bits per heavy atom. The highest BCUT2D eigenvalue weighted by Crippen LogP contribution is 2.16. The van der Waals surface area contributed by atoms with Crippen LogP contribution in [0.3, 0.4) is 0 Å². The predicted octanol–water partition coefficient (Wildman–Crippen LogP) is -1.67. The maximum Gasteiger partial charge on any atom is 0.320 e. The number of carbonyl (C=O) groups is 2. The van der Waals surface area contributed by atoms with E-state index in [1.807, 2.05) is 0 Å². The fourth-order valence-corrected chi connectivity index (χ4v) is 1.84. The Bertz CT molecular complexity index is 372. The summed E-state index contributed by atoms with van der Waals surface area (Å²) in [6, 6.07) is -0.899. The molecule has 0 aromatic carbocycles. The summed E-state index contributed by atoms with van der Waals surface area (Å²) >= 11 is 0. The highest BCUT2D eigenvalue weighted by molar-refractivity contribution is 5.97. The molecule has 1 aliphatic heterocycles. The molecule has 8 heteroatoms. The molecule has 1 rings (SSSR count). The molecule has 8 nitrogen and oxygen atoms in total. The molecular formula is C11H20N4O4. The molecule has 0 spiro atoms. The van der Waals surface area contributed by atoms with E-state index in [1.165, 1.54) is 4.90 Å². The second kappa shape index (κ2) is 7.05. The third-order valence-corrected chi connectivity index (χ3v) is 3.00. The number of nitrogens with zero attached hydrogens (tertiary/aromatic N) is 2. The van der Waals surface area contributed by atoms with Gasteiger partial charge in [-0.15, -0.1) is 0 Å². The molecule has 0 saturated carbocycles. The maximum absolute atomic E-state index is 11.6. The number of amides is 1. The van der Waals surface area contributed by atoms with Crippen LogP contribution in [0.1, 0.15) is 19.3 Å². The van der Waals surface area contributed by atoms with Crippen LogP contribution in [0.2, 0.25) is 0 Å². The molecule has 1 heterocycles. The molecule has 1 fully saturated rings. The van der Waals surface area contributed by atoms with E-state index in [-0.39, 0.29) is 30.8 Å². The molecule has 19 heavy (non-hydrogen) atoms. The second-order valence-corrected chi connectivity index (χ2v) is 4.58. The lowest BCUT2D eigenvalue weighted by atomic mass is 10.1. The number of carboxylic acids is 1. The van der Waals surface area contributed by atoms with Gasteiger partial charge in [0.25, 0.3) is 0 Å². The van der Waals surface area contributed by atoms with Crippen molar-refractivity contribution in [2.45, 2.75) is 25.3 Å². The number of guanidine groups is 1. The van der Waals surface area contributed by atoms with E-state index in [1.54, 1.807) is 0 Å². The zero-order valence-corrected chi connectivity index (χ0v) is 10.7. The number of carboxylic acid groups (broad SMARTS) is 1. The Morgan fingerprint density at radius 1 is 1.58 bits per heavy atom. The summed E-state index contributed by atoms with van der Waals surface area (Å²) in [6.07, 6.45) is 1.07. The molecule has 6 N–H and O–H groups in total. The highest BCUT2D eigenvalue weighted by Gasteiger charge is 2.31. The third kappa shape index (κ3) is 4.49. The molecule has 0 aromatic heterocycles. The number of rotatable bonds is 6. The number of nitrogens with two attached hydrogens (primary N) is 2. The first-order valence-electron chi connectivity index (χ1n) is 6.15. The van der Waals surface area contributed by atoms with Gasteiger partial charge in [-0.1, -0.05) is 0 Å². The van der Waals surface area contributed by atoms with Gasteiger partial charge in [0.05, 0.1) is 0 Å². The third-order valence-electron chi connectivity index (χ3n) is 3.00. The van der Waals surface area contributed by atoms with Gasteiger partial charge in [-0.05, 0) is 12.8 Å². The van der Waals surface area contributed by atoms with Crippen molar-refractivity contribution < 1.29 is 19.8 Å². The minimum Gasteiger partial charge on any atom is -0.480 e. The Kier molecular flexibility index (Phi) is 5.71. The molecular weight excluding hydrogens is 252 g/mol. The minimum atomic E-state index is -1.04. The van der Waals surface area contributed by atoms with E-state index >= 15 is 0 Å². The van der Waals surface area contributed by atoms with Crippen LogP contribution in [-0.4, -0.2) is 58.7 Å². The van der Waals surface area contributed by atoms with Crippen LogP contribution in [0.25, 0.3) is 0 Å². The molecule has 0 aliphatic carbocycles. The van der Waals surface area contributed by atoms with E-state index in [2.05, 4.69) is 4.99 Å². The van der Waals surface area contributed by atoms with Crippen LogP contribution in [0.5, 0.6) is 0 Å². The number of aliphatic hydroxyl groups excluding tert-OH is 1. The van der Waals surface area contributed by atoms with Gasteiger partial charge in [-0.25, -0.2) is 0 Å². The van der Waals surface area contributed by atoms with Crippen LogP contribution >= 0.6 is 0 Å². The predicted molar refractivity (Wildman–Crippen MR) is 68.2 cm³/mol. The first-order chi connectivity index (χ1) is 8.95. The highest BCUT2D eigenvalue weighted by atomic mass is 16.4. The van der Waals surface area contributed by atoms with Crippen molar-refractivity contribution in [3.05, 3.63) is 0 Å². The van der Waals surface area contributed by atoms with Crippen LogP contribution in [0.4, 0.5) is 0 Å². The first-order valence-corrected chi connectivity index (χ1v) is 6.15. The van der Waals surface area contributed by atoms with Crippen molar-refractivity contribution in [1.82, 2.24) is 4.90 Å². The van der Waals surface area contributed by atoms with E-state index in [4.69, 9.17) is 21.7 Å². The number of aliphatic hydroxyl groups is 1. The number of hydrogen-bond donors (Lipinski definition) is 4. The van der Waals surface area contributed by atoms with E-state index in [9.17, 15) is 9.59 Å². The lowest BCUT2D eigenvalue weighted by Gasteiger charge is -2.15. The fraction of sp³-hybridized carbons (Fsp3) is 0.727. The Labute approximate surface area is 111 Å². The van der Waals surface area contributed by atoms with Crippen molar-refractivity contribution in [2.24, 2.45) is 22.4 Å². The molecule has 0 bridgehead atoms. The summed E-state index contributed by atoms with van der Waals surface area (Å²) in [5.41, 5.74) is 11.0. The average Bonchev–Trinajstić information content (AvgIpc) is 2.75. The normalized spacial score (nSPS) is 21.8. The molecule has 0 radical (unpaired) electrons. The van der Waals surface area contributed by atoms with Gasteiger partial charge >= 0.3 is 5.97 Å². The Hall–Kier alpha value is -1.67. The van der Waals surface area contributed by atoms with Crippen molar-refractivity contribution in [2.75, 3.05) is 19.7 Å². The number of hydrogen-bond acceptors (Lipinski definition) is 5. The molecule has 1 saturated heterocycles. The van der Waals surface area contributed by atoms with Gasteiger partial charge in [-0.3, -0.25) is 19.5 Å². The second-order valence-electron chi connectivity index (χ2n) is 4.58. The topological polar surface area (TPSA) is 142 Å². The standard InChI is InChI=1S/C11H20N4O4/c12-8(10(18)19)2-1-3-14-11(13)15-5-7(6-16)4-9(15)17/h7-8,16H,1-6,12H2,(H2,13,14)(H,18,19). The van der Waals surface area contributed by atoms with Crippen molar-refractivity contribution in [1.29, 1.82) is 0 Å². The lowest BCUT2D eigenvalue weighted by Crippen LogP contribution is -2.39. The van der Waals surface area contributed by atoms with Crippen LogP contribution in [-0.2, 0) is 9.59 Å². The summed E-state index contributed by atoms with van der Waals surface area (Å²) < 4.78 is 0. The van der Waals surface area contributed by atoms with Crippen LogP contribution in [0, 0.1) is 5.92 Å². The molecule has 1 aliphatic rings. The molecule has 108 valence electrons. The maximum atomic E-state index is 11.6. The molecule has 2 atom stereocenters. The van der Waals surface area contributed by atoms with E-state index in [0.717, 1.165) is 0 Å². The Morgan fingerprint density at radius 3 is 2.79 bits per heavy atom. The zero-order chi connectivity index (χ0) is 14.4. The lowest BCUT2D eigenvalue weighted by molar-refractivity contribution is -0.138. The van der Waals surface area contributed by atoms with Gasteiger partial charge in [0.15, 0.2) is 5.96 Å². The van der Waals surface area contributed by atoms with Gasteiger partial charge in [0.2, 0.25) is 5.91 Å². The monoisotopic (exact) mass is 272 g/mol. The van der Waals surface area contributed by atoms with Crippen molar-refractivity contribution >= 4 is 17.8 Å². The zero-order valence-electron chi connectivity index (χ0n) is 10.7. The summed E-state index contributed by atoms with van der Waals surface area (Å²) in [4.78, 5) is 27.4. The Balaban J connectivity index is 2.37. The average molecular weight is 272 g/mol. The minimum absolute atomic E-state index is 0.0526. The summed E-state index contributed by atoms with van der Waals surface area (Å²) in [5.74, 6) is -1.17. The van der Waals surface area contributed by atoms with Gasteiger partial charge in [0.1, 0.15) is 6.04 Å². The number of likely N-dealkylation sites (tertiary alicyclic amines) is 1. The molecule has 2 unspecified atom stereocenters. The molecule has 0 aromatic rings. The van der Waals surface area contributed by atoms with Gasteiger partial charge in [-0.2, -0.15) is 0 Å². The fourth-order valence-electron chi connectivity index (χ4n) is 1.84. The number of aliphatic imine (C=N–C) groups is 1.